The van der Waals surface area contributed by atoms with Crippen LogP contribution in [0.15, 0.2) is 12.4 Å². The minimum Gasteiger partial charge on any atom is -0.361 e. The van der Waals surface area contributed by atoms with Gasteiger partial charge in [-0.2, -0.15) is 5.10 Å². The van der Waals surface area contributed by atoms with Crippen molar-refractivity contribution in [3.8, 4) is 0 Å². The minimum absolute atomic E-state index is 0.365. The molecule has 1 heterocycles. The fraction of sp³-hybridized carbons (Fsp3) is 0.556. The van der Waals surface area contributed by atoms with Crippen molar-refractivity contribution >= 4 is 17.3 Å². The highest BCUT2D eigenvalue weighted by molar-refractivity contribution is 7.80. The van der Waals surface area contributed by atoms with E-state index in [1.807, 2.05) is 19.4 Å². The van der Waals surface area contributed by atoms with Crippen LogP contribution in [0.5, 0.6) is 0 Å². The summed E-state index contributed by atoms with van der Waals surface area (Å²) in [6.07, 6.45) is 3.79. The Morgan fingerprint density at radius 1 is 1.64 bits per heavy atom. The van der Waals surface area contributed by atoms with Crippen LogP contribution < -0.4 is 10.6 Å². The molecule has 1 aromatic heterocycles. The molecule has 1 rings (SSSR count). The largest absolute Gasteiger partial charge is 0.361 e. The standard InChI is InChI=1S/C9H16N4S/c1-7(2)12-9(14)10-4-8-5-11-13(3)6-8/h5-7H,4H2,1-3H3,(H2,10,12,14). The molecule has 1 aromatic rings. The number of hydrogen-bond acceptors (Lipinski definition) is 2. The summed E-state index contributed by atoms with van der Waals surface area (Å²) in [5, 5.41) is 11.0. The van der Waals surface area contributed by atoms with E-state index in [0.717, 1.165) is 5.56 Å². The van der Waals surface area contributed by atoms with Crippen LogP contribution in [0.1, 0.15) is 19.4 Å². The lowest BCUT2D eigenvalue weighted by molar-refractivity contribution is 0.712. The number of aryl methyl sites for hydroxylation is 1. The third-order valence-electron chi connectivity index (χ3n) is 1.63. The van der Waals surface area contributed by atoms with Crippen LogP contribution in [0.25, 0.3) is 0 Å². The van der Waals surface area contributed by atoms with E-state index in [1.165, 1.54) is 0 Å². The maximum Gasteiger partial charge on any atom is 0.166 e. The Morgan fingerprint density at radius 3 is 2.86 bits per heavy atom. The van der Waals surface area contributed by atoms with Crippen LogP contribution in [-0.2, 0) is 13.6 Å². The molecule has 0 aliphatic carbocycles. The lowest BCUT2D eigenvalue weighted by Crippen LogP contribution is -2.38. The third-order valence-corrected chi connectivity index (χ3v) is 1.89. The molecule has 0 unspecified atom stereocenters. The molecule has 0 spiro atoms. The molecular formula is C9H16N4S. The topological polar surface area (TPSA) is 41.9 Å². The van der Waals surface area contributed by atoms with E-state index in [0.29, 0.717) is 17.7 Å². The first-order valence-electron chi connectivity index (χ1n) is 4.60. The van der Waals surface area contributed by atoms with E-state index in [1.54, 1.807) is 4.68 Å². The van der Waals surface area contributed by atoms with Crippen LogP contribution in [0.2, 0.25) is 0 Å². The fourth-order valence-electron chi connectivity index (χ4n) is 1.06. The van der Waals surface area contributed by atoms with Gasteiger partial charge in [-0.3, -0.25) is 4.68 Å². The van der Waals surface area contributed by atoms with Crippen LogP contribution in [0.4, 0.5) is 0 Å². The third kappa shape index (κ3) is 3.74. The second-order valence-corrected chi connectivity index (χ2v) is 3.91. The first kappa shape index (κ1) is 11.0. The molecule has 0 saturated carbocycles. The predicted octanol–water partition coefficient (Wildman–Crippen LogP) is 0.793. The summed E-state index contributed by atoms with van der Waals surface area (Å²) in [5.74, 6) is 0. The van der Waals surface area contributed by atoms with Gasteiger partial charge >= 0.3 is 0 Å². The van der Waals surface area contributed by atoms with Crippen LogP contribution in [0.3, 0.4) is 0 Å². The molecule has 0 saturated heterocycles. The number of hydrogen-bond donors (Lipinski definition) is 2. The van der Waals surface area contributed by atoms with Gasteiger partial charge in [-0.1, -0.05) is 0 Å². The maximum absolute atomic E-state index is 5.09. The van der Waals surface area contributed by atoms with Crippen molar-refractivity contribution in [2.75, 3.05) is 0 Å². The normalized spacial score (nSPS) is 10.3. The number of rotatable bonds is 3. The van der Waals surface area contributed by atoms with E-state index in [-0.39, 0.29) is 0 Å². The van der Waals surface area contributed by atoms with Crippen molar-refractivity contribution in [3.63, 3.8) is 0 Å². The van der Waals surface area contributed by atoms with Gasteiger partial charge in [0.1, 0.15) is 0 Å². The number of thiocarbonyl (C=S) groups is 1. The highest BCUT2D eigenvalue weighted by Gasteiger charge is 1.99. The second-order valence-electron chi connectivity index (χ2n) is 3.50. The summed E-state index contributed by atoms with van der Waals surface area (Å²) in [6, 6.07) is 0.365. The molecule has 0 aliphatic heterocycles. The Bertz CT molecular complexity index is 306. The maximum atomic E-state index is 5.09. The number of nitrogens with zero attached hydrogens (tertiary/aromatic N) is 2. The summed E-state index contributed by atoms with van der Waals surface area (Å²) in [5.41, 5.74) is 1.13. The first-order chi connectivity index (χ1) is 6.58. The van der Waals surface area contributed by atoms with Gasteiger partial charge in [0.05, 0.1) is 6.20 Å². The summed E-state index contributed by atoms with van der Waals surface area (Å²) in [7, 11) is 1.90. The molecule has 0 amide bonds. The number of nitrogens with one attached hydrogen (secondary N) is 2. The molecule has 14 heavy (non-hydrogen) atoms. The van der Waals surface area contributed by atoms with E-state index in [9.17, 15) is 0 Å². The van der Waals surface area contributed by atoms with Gasteiger partial charge in [0.15, 0.2) is 5.11 Å². The summed E-state index contributed by atoms with van der Waals surface area (Å²) >= 11 is 5.09. The molecule has 0 atom stereocenters. The summed E-state index contributed by atoms with van der Waals surface area (Å²) in [4.78, 5) is 0. The van der Waals surface area contributed by atoms with Crippen molar-refractivity contribution in [3.05, 3.63) is 18.0 Å². The predicted molar refractivity (Wildman–Crippen MR) is 60.9 cm³/mol. The van der Waals surface area contributed by atoms with Crippen molar-refractivity contribution in [2.24, 2.45) is 7.05 Å². The van der Waals surface area contributed by atoms with Crippen molar-refractivity contribution < 1.29 is 0 Å². The van der Waals surface area contributed by atoms with E-state index < -0.39 is 0 Å². The van der Waals surface area contributed by atoms with Crippen LogP contribution >= 0.6 is 12.2 Å². The van der Waals surface area contributed by atoms with E-state index in [4.69, 9.17) is 12.2 Å². The Morgan fingerprint density at radius 2 is 2.36 bits per heavy atom. The van der Waals surface area contributed by atoms with Gasteiger partial charge in [0, 0.05) is 31.4 Å². The quantitative estimate of drug-likeness (QED) is 0.727. The smallest absolute Gasteiger partial charge is 0.166 e. The fourth-order valence-corrected chi connectivity index (χ4v) is 1.37. The average Bonchev–Trinajstić information content (AvgIpc) is 2.47. The van der Waals surface area contributed by atoms with Gasteiger partial charge in [-0.05, 0) is 26.1 Å². The van der Waals surface area contributed by atoms with Crippen molar-refractivity contribution in [2.45, 2.75) is 26.4 Å². The number of aromatic nitrogens is 2. The van der Waals surface area contributed by atoms with Gasteiger partial charge in [-0.15, -0.1) is 0 Å². The van der Waals surface area contributed by atoms with Gasteiger partial charge in [0.25, 0.3) is 0 Å². The molecular weight excluding hydrogens is 196 g/mol. The molecule has 0 fully saturated rings. The zero-order valence-electron chi connectivity index (χ0n) is 8.74. The van der Waals surface area contributed by atoms with Crippen molar-refractivity contribution in [1.29, 1.82) is 0 Å². The van der Waals surface area contributed by atoms with Crippen molar-refractivity contribution in [1.82, 2.24) is 20.4 Å². The Labute approximate surface area is 89.7 Å². The van der Waals surface area contributed by atoms with Crippen LogP contribution in [0, 0.1) is 0 Å². The Kier molecular flexibility index (Phi) is 3.88. The molecule has 0 radical (unpaired) electrons. The Hall–Kier alpha value is -1.10. The highest BCUT2D eigenvalue weighted by atomic mass is 32.1. The zero-order valence-corrected chi connectivity index (χ0v) is 9.56. The lowest BCUT2D eigenvalue weighted by atomic mass is 10.3. The molecule has 5 heteroatoms. The minimum atomic E-state index is 0.365. The summed E-state index contributed by atoms with van der Waals surface area (Å²) < 4.78 is 1.77. The van der Waals surface area contributed by atoms with Gasteiger partial charge in [-0.25, -0.2) is 0 Å². The summed E-state index contributed by atoms with van der Waals surface area (Å²) in [6.45, 7) is 4.82. The Balaban J connectivity index is 2.30. The molecule has 78 valence electrons. The van der Waals surface area contributed by atoms with Crippen LogP contribution in [-0.4, -0.2) is 20.9 Å². The monoisotopic (exact) mass is 212 g/mol. The average molecular weight is 212 g/mol. The van der Waals surface area contributed by atoms with E-state index in [2.05, 4.69) is 29.6 Å². The molecule has 0 bridgehead atoms. The van der Waals surface area contributed by atoms with Gasteiger partial charge < -0.3 is 10.6 Å². The molecule has 2 N–H and O–H groups in total. The SMILES string of the molecule is CC(C)NC(=S)NCc1cnn(C)c1. The lowest BCUT2D eigenvalue weighted by Gasteiger charge is -2.12. The first-order valence-corrected chi connectivity index (χ1v) is 5.00. The zero-order chi connectivity index (χ0) is 10.6. The molecule has 4 nitrogen and oxygen atoms in total. The van der Waals surface area contributed by atoms with E-state index >= 15 is 0 Å². The second kappa shape index (κ2) is 4.95. The van der Waals surface area contributed by atoms with Gasteiger partial charge in [0.2, 0.25) is 0 Å². The highest BCUT2D eigenvalue weighted by Crippen LogP contribution is 1.94. The molecule has 0 aliphatic rings. The molecule has 0 aromatic carbocycles.